The number of nitrogens with one attached hydrogen (secondary N) is 1. The Balaban J connectivity index is 1.85. The lowest BCUT2D eigenvalue weighted by molar-refractivity contribution is 0.0605. The summed E-state index contributed by atoms with van der Waals surface area (Å²) in [6.07, 6.45) is 0. The van der Waals surface area contributed by atoms with Crippen LogP contribution in [0.1, 0.15) is 36.6 Å². The minimum Gasteiger partial charge on any atom is -0.308 e. The molecule has 1 aliphatic rings. The summed E-state index contributed by atoms with van der Waals surface area (Å²) in [4.78, 5) is 7.87. The van der Waals surface area contributed by atoms with Crippen molar-refractivity contribution >= 4 is 11.3 Å². The summed E-state index contributed by atoms with van der Waals surface area (Å²) in [5.74, 6) is 0. The fourth-order valence-electron chi connectivity index (χ4n) is 2.71. The van der Waals surface area contributed by atoms with Crippen molar-refractivity contribution in [2.45, 2.75) is 39.3 Å². The van der Waals surface area contributed by atoms with Gasteiger partial charge in [0.2, 0.25) is 0 Å². The monoisotopic (exact) mass is 295 g/mol. The molecule has 0 aromatic carbocycles. The molecule has 0 bridgehead atoms. The summed E-state index contributed by atoms with van der Waals surface area (Å²) >= 11 is 1.90. The molecule has 3 nitrogen and oxygen atoms in total. The molecule has 114 valence electrons. The standard InChI is InChI=1S/C16H29N3S/c1-13-6-7-15(20-13)14(2)17-12-16(3,4)19-10-8-18(5)9-11-19/h6-7,14,17H,8-12H2,1-5H3. The van der Waals surface area contributed by atoms with Crippen LogP contribution in [-0.4, -0.2) is 55.1 Å². The Morgan fingerprint density at radius 3 is 2.45 bits per heavy atom. The van der Waals surface area contributed by atoms with Gasteiger partial charge in [-0.15, -0.1) is 11.3 Å². The molecule has 20 heavy (non-hydrogen) atoms. The van der Waals surface area contributed by atoms with Crippen LogP contribution in [0.25, 0.3) is 0 Å². The highest BCUT2D eigenvalue weighted by atomic mass is 32.1. The van der Waals surface area contributed by atoms with Crippen molar-refractivity contribution in [3.63, 3.8) is 0 Å². The van der Waals surface area contributed by atoms with Crippen LogP contribution in [-0.2, 0) is 0 Å². The van der Waals surface area contributed by atoms with Gasteiger partial charge in [0.05, 0.1) is 0 Å². The molecular weight excluding hydrogens is 266 g/mol. The molecule has 0 spiro atoms. The largest absolute Gasteiger partial charge is 0.308 e. The molecule has 4 heteroatoms. The zero-order chi connectivity index (χ0) is 14.8. The summed E-state index contributed by atoms with van der Waals surface area (Å²) in [6.45, 7) is 14.9. The molecule has 1 atom stereocenters. The molecule has 0 aliphatic carbocycles. The molecule has 0 amide bonds. The topological polar surface area (TPSA) is 18.5 Å². The van der Waals surface area contributed by atoms with Crippen molar-refractivity contribution in [3.8, 4) is 0 Å². The molecule has 2 heterocycles. The smallest absolute Gasteiger partial charge is 0.0386 e. The Morgan fingerprint density at radius 1 is 1.25 bits per heavy atom. The van der Waals surface area contributed by atoms with Crippen molar-refractivity contribution in [3.05, 3.63) is 21.9 Å². The van der Waals surface area contributed by atoms with E-state index in [0.717, 1.165) is 6.54 Å². The second-order valence-electron chi connectivity index (χ2n) is 6.65. The van der Waals surface area contributed by atoms with E-state index < -0.39 is 0 Å². The third kappa shape index (κ3) is 4.04. The Bertz CT molecular complexity index is 419. The van der Waals surface area contributed by atoms with Crippen LogP contribution in [0, 0.1) is 6.92 Å². The van der Waals surface area contributed by atoms with Gasteiger partial charge in [-0.1, -0.05) is 0 Å². The Hall–Kier alpha value is -0.420. The predicted molar refractivity (Wildman–Crippen MR) is 88.6 cm³/mol. The number of likely N-dealkylation sites (N-methyl/N-ethyl adjacent to an activating group) is 1. The first kappa shape index (κ1) is 16.0. The van der Waals surface area contributed by atoms with Gasteiger partial charge in [0.1, 0.15) is 0 Å². The van der Waals surface area contributed by atoms with Crippen LogP contribution in [0.15, 0.2) is 12.1 Å². The number of thiophene rings is 1. The molecule has 1 unspecified atom stereocenters. The van der Waals surface area contributed by atoms with Gasteiger partial charge in [-0.3, -0.25) is 4.90 Å². The van der Waals surface area contributed by atoms with Crippen molar-refractivity contribution in [2.24, 2.45) is 0 Å². The lowest BCUT2D eigenvalue weighted by Crippen LogP contribution is -2.57. The highest BCUT2D eigenvalue weighted by molar-refractivity contribution is 7.12. The van der Waals surface area contributed by atoms with Crippen LogP contribution in [0.2, 0.25) is 0 Å². The van der Waals surface area contributed by atoms with E-state index in [1.165, 1.54) is 35.9 Å². The normalized spacial score (nSPS) is 20.2. The fourth-order valence-corrected chi connectivity index (χ4v) is 3.62. The van der Waals surface area contributed by atoms with E-state index in [0.29, 0.717) is 6.04 Å². The van der Waals surface area contributed by atoms with Crippen molar-refractivity contribution in [1.82, 2.24) is 15.1 Å². The average molecular weight is 295 g/mol. The van der Waals surface area contributed by atoms with Crippen LogP contribution < -0.4 is 5.32 Å². The van der Waals surface area contributed by atoms with Crippen molar-refractivity contribution < 1.29 is 0 Å². The van der Waals surface area contributed by atoms with Gasteiger partial charge in [0.25, 0.3) is 0 Å². The van der Waals surface area contributed by atoms with Gasteiger partial charge in [-0.25, -0.2) is 0 Å². The number of aryl methyl sites for hydroxylation is 1. The summed E-state index contributed by atoms with van der Waals surface area (Å²) in [6, 6.07) is 4.91. The van der Waals surface area contributed by atoms with E-state index in [-0.39, 0.29) is 5.54 Å². The average Bonchev–Trinajstić information content (AvgIpc) is 2.83. The maximum absolute atomic E-state index is 3.72. The third-order valence-corrected chi connectivity index (χ3v) is 5.57. The van der Waals surface area contributed by atoms with Crippen LogP contribution in [0.5, 0.6) is 0 Å². The summed E-state index contributed by atoms with van der Waals surface area (Å²) in [5.41, 5.74) is 0.224. The van der Waals surface area contributed by atoms with Crippen LogP contribution >= 0.6 is 11.3 Å². The Labute approximate surface area is 128 Å². The molecule has 1 N–H and O–H groups in total. The number of hydrogen-bond acceptors (Lipinski definition) is 4. The van der Waals surface area contributed by atoms with Gasteiger partial charge >= 0.3 is 0 Å². The van der Waals surface area contributed by atoms with Crippen LogP contribution in [0.3, 0.4) is 0 Å². The third-order valence-electron chi connectivity index (χ3n) is 4.39. The van der Waals surface area contributed by atoms with E-state index in [9.17, 15) is 0 Å². The number of hydrogen-bond donors (Lipinski definition) is 1. The summed E-state index contributed by atoms with van der Waals surface area (Å²) in [5, 5.41) is 3.72. The molecule has 2 rings (SSSR count). The second-order valence-corrected chi connectivity index (χ2v) is 7.97. The molecule has 1 fully saturated rings. The quantitative estimate of drug-likeness (QED) is 0.901. The van der Waals surface area contributed by atoms with Gasteiger partial charge in [-0.05, 0) is 46.9 Å². The summed E-state index contributed by atoms with van der Waals surface area (Å²) in [7, 11) is 2.21. The van der Waals surface area contributed by atoms with E-state index in [1.807, 2.05) is 11.3 Å². The molecule has 1 saturated heterocycles. The summed E-state index contributed by atoms with van der Waals surface area (Å²) < 4.78 is 0. The first-order chi connectivity index (χ1) is 9.38. The van der Waals surface area contributed by atoms with E-state index in [2.05, 4.69) is 62.0 Å². The lowest BCUT2D eigenvalue weighted by Gasteiger charge is -2.43. The first-order valence-electron chi connectivity index (χ1n) is 7.62. The van der Waals surface area contributed by atoms with Gasteiger partial charge in [0, 0.05) is 54.1 Å². The number of piperazine rings is 1. The Morgan fingerprint density at radius 2 is 1.90 bits per heavy atom. The van der Waals surface area contributed by atoms with E-state index in [1.54, 1.807) is 0 Å². The molecule has 1 aromatic heterocycles. The van der Waals surface area contributed by atoms with Gasteiger partial charge in [0.15, 0.2) is 0 Å². The molecular formula is C16H29N3S. The van der Waals surface area contributed by atoms with Crippen molar-refractivity contribution in [2.75, 3.05) is 39.8 Å². The van der Waals surface area contributed by atoms with E-state index >= 15 is 0 Å². The molecule has 1 aliphatic heterocycles. The predicted octanol–water partition coefficient (Wildman–Crippen LogP) is 2.73. The number of rotatable bonds is 5. The zero-order valence-corrected chi connectivity index (χ0v) is 14.4. The van der Waals surface area contributed by atoms with Crippen LogP contribution in [0.4, 0.5) is 0 Å². The van der Waals surface area contributed by atoms with Gasteiger partial charge < -0.3 is 10.2 Å². The highest BCUT2D eigenvalue weighted by Crippen LogP contribution is 2.23. The Kier molecular flexibility index (Phi) is 5.24. The fraction of sp³-hybridized carbons (Fsp3) is 0.750. The maximum atomic E-state index is 3.72. The molecule has 0 radical (unpaired) electrons. The van der Waals surface area contributed by atoms with Gasteiger partial charge in [-0.2, -0.15) is 0 Å². The van der Waals surface area contributed by atoms with Crippen molar-refractivity contribution in [1.29, 1.82) is 0 Å². The minimum absolute atomic E-state index is 0.224. The van der Waals surface area contributed by atoms with E-state index in [4.69, 9.17) is 0 Å². The number of nitrogens with zero attached hydrogens (tertiary/aromatic N) is 2. The second kappa shape index (κ2) is 6.56. The SMILES string of the molecule is Cc1ccc(C(C)NCC(C)(C)N2CCN(C)CC2)s1. The maximum Gasteiger partial charge on any atom is 0.0386 e. The first-order valence-corrected chi connectivity index (χ1v) is 8.43. The lowest BCUT2D eigenvalue weighted by atomic mass is 10.0. The zero-order valence-electron chi connectivity index (χ0n) is 13.6. The molecule has 0 saturated carbocycles. The molecule has 1 aromatic rings. The highest BCUT2D eigenvalue weighted by Gasteiger charge is 2.29. The minimum atomic E-state index is 0.224.